The number of piperidine rings is 1. The van der Waals surface area contributed by atoms with Crippen LogP contribution >= 0.6 is 0 Å². The average molecular weight is 221 g/mol. The van der Waals surface area contributed by atoms with E-state index in [9.17, 15) is 4.39 Å². The van der Waals surface area contributed by atoms with E-state index in [0.717, 1.165) is 37.2 Å². The molecule has 16 heavy (non-hydrogen) atoms. The maximum absolute atomic E-state index is 13.9. The molecular formula is C13H16FNO. The Kier molecular flexibility index (Phi) is 2.18. The van der Waals surface area contributed by atoms with Gasteiger partial charge in [-0.05, 0) is 45.1 Å². The lowest BCUT2D eigenvalue weighted by atomic mass is 9.74. The van der Waals surface area contributed by atoms with Crippen LogP contribution in [0.1, 0.15) is 18.4 Å². The number of rotatable bonds is 0. The molecule has 0 N–H and O–H groups in total. The van der Waals surface area contributed by atoms with Gasteiger partial charge in [0.2, 0.25) is 0 Å². The van der Waals surface area contributed by atoms with Gasteiger partial charge >= 0.3 is 0 Å². The van der Waals surface area contributed by atoms with Crippen LogP contribution in [0.5, 0.6) is 5.75 Å². The fourth-order valence-corrected chi connectivity index (χ4v) is 2.87. The number of likely N-dealkylation sites (tertiary alicyclic amines) is 1. The summed E-state index contributed by atoms with van der Waals surface area (Å²) < 4.78 is 19.6. The molecule has 0 saturated carbocycles. The molecule has 0 aromatic heterocycles. The molecule has 3 heteroatoms. The minimum atomic E-state index is -0.0976. The number of nitrogens with zero attached hydrogens (tertiary/aromatic N) is 1. The largest absolute Gasteiger partial charge is 0.492 e. The van der Waals surface area contributed by atoms with Gasteiger partial charge in [-0.25, -0.2) is 4.39 Å². The van der Waals surface area contributed by atoms with Crippen LogP contribution in [0.3, 0.4) is 0 Å². The van der Waals surface area contributed by atoms with Gasteiger partial charge in [-0.1, -0.05) is 6.07 Å². The molecule has 0 radical (unpaired) electrons. The first-order valence-electron chi connectivity index (χ1n) is 5.82. The van der Waals surface area contributed by atoms with E-state index in [2.05, 4.69) is 11.9 Å². The predicted octanol–water partition coefficient (Wildman–Crippen LogP) is 2.18. The summed E-state index contributed by atoms with van der Waals surface area (Å²) in [7, 11) is 2.12. The lowest BCUT2D eigenvalue weighted by molar-refractivity contribution is 0.153. The van der Waals surface area contributed by atoms with Crippen LogP contribution in [-0.2, 0) is 5.41 Å². The Morgan fingerprint density at radius 2 is 2.06 bits per heavy atom. The Bertz CT molecular complexity index is 410. The van der Waals surface area contributed by atoms with Crippen LogP contribution in [0.2, 0.25) is 0 Å². The quantitative estimate of drug-likeness (QED) is 0.666. The molecule has 2 heterocycles. The summed E-state index contributed by atoms with van der Waals surface area (Å²) in [5, 5.41) is 0. The standard InChI is InChI=1S/C13H16FNO/c1-15-7-5-13(6-8-15)9-16-11-4-2-3-10(14)12(11)13/h2-4H,5-9H2,1H3. The van der Waals surface area contributed by atoms with Crippen LogP contribution in [-0.4, -0.2) is 31.6 Å². The molecule has 1 aromatic carbocycles. The molecule has 1 spiro atoms. The van der Waals surface area contributed by atoms with Crippen LogP contribution in [0.15, 0.2) is 18.2 Å². The van der Waals surface area contributed by atoms with Crippen molar-refractivity contribution in [1.82, 2.24) is 4.90 Å². The third-order valence-corrected chi connectivity index (χ3v) is 3.95. The summed E-state index contributed by atoms with van der Waals surface area (Å²) in [5.74, 6) is 0.657. The number of halogens is 1. The Balaban J connectivity index is 2.02. The molecule has 1 saturated heterocycles. The van der Waals surface area contributed by atoms with Crippen molar-refractivity contribution >= 4 is 0 Å². The highest BCUT2D eigenvalue weighted by Crippen LogP contribution is 2.46. The lowest BCUT2D eigenvalue weighted by Gasteiger charge is -2.36. The molecule has 0 atom stereocenters. The summed E-state index contributed by atoms with van der Waals surface area (Å²) in [6.07, 6.45) is 1.99. The van der Waals surface area contributed by atoms with Crippen molar-refractivity contribution in [3.63, 3.8) is 0 Å². The van der Waals surface area contributed by atoms with E-state index in [4.69, 9.17) is 4.74 Å². The Labute approximate surface area is 95.0 Å². The van der Waals surface area contributed by atoms with E-state index in [1.54, 1.807) is 12.1 Å². The van der Waals surface area contributed by atoms with Crippen LogP contribution in [0, 0.1) is 5.82 Å². The molecular weight excluding hydrogens is 205 g/mol. The van der Waals surface area contributed by atoms with Crippen LogP contribution < -0.4 is 4.74 Å². The molecule has 1 fully saturated rings. The van der Waals surface area contributed by atoms with Crippen molar-refractivity contribution in [2.24, 2.45) is 0 Å². The molecule has 2 nitrogen and oxygen atoms in total. The number of hydrogen-bond acceptors (Lipinski definition) is 2. The van der Waals surface area contributed by atoms with E-state index in [0.29, 0.717) is 6.61 Å². The van der Waals surface area contributed by atoms with E-state index in [1.165, 1.54) is 0 Å². The Morgan fingerprint density at radius 1 is 1.31 bits per heavy atom. The van der Waals surface area contributed by atoms with Gasteiger partial charge in [0.15, 0.2) is 0 Å². The van der Waals surface area contributed by atoms with Crippen molar-refractivity contribution in [2.45, 2.75) is 18.3 Å². The summed E-state index contributed by atoms with van der Waals surface area (Å²) >= 11 is 0. The second-order valence-electron chi connectivity index (χ2n) is 4.99. The minimum absolute atomic E-state index is 0.0623. The zero-order valence-electron chi connectivity index (χ0n) is 9.50. The number of benzene rings is 1. The highest BCUT2D eigenvalue weighted by Gasteiger charge is 2.44. The third kappa shape index (κ3) is 1.34. The highest BCUT2D eigenvalue weighted by molar-refractivity contribution is 5.45. The van der Waals surface area contributed by atoms with Crippen molar-refractivity contribution < 1.29 is 9.13 Å². The zero-order chi connectivity index (χ0) is 11.2. The molecule has 2 aliphatic heterocycles. The smallest absolute Gasteiger partial charge is 0.130 e. The van der Waals surface area contributed by atoms with Gasteiger partial charge in [0, 0.05) is 11.0 Å². The normalized spacial score (nSPS) is 23.1. The van der Waals surface area contributed by atoms with Gasteiger partial charge in [0.25, 0.3) is 0 Å². The second-order valence-corrected chi connectivity index (χ2v) is 4.99. The summed E-state index contributed by atoms with van der Waals surface area (Å²) in [4.78, 5) is 2.30. The van der Waals surface area contributed by atoms with Gasteiger partial charge in [-0.15, -0.1) is 0 Å². The maximum atomic E-state index is 13.9. The van der Waals surface area contributed by atoms with Gasteiger partial charge in [0.1, 0.15) is 11.6 Å². The Hall–Kier alpha value is -1.09. The summed E-state index contributed by atoms with van der Waals surface area (Å²) in [6.45, 7) is 2.70. The molecule has 2 aliphatic rings. The summed E-state index contributed by atoms with van der Waals surface area (Å²) in [6, 6.07) is 5.15. The van der Waals surface area contributed by atoms with Crippen molar-refractivity contribution in [1.29, 1.82) is 0 Å². The van der Waals surface area contributed by atoms with Crippen molar-refractivity contribution in [2.75, 3.05) is 26.7 Å². The van der Waals surface area contributed by atoms with Crippen molar-refractivity contribution in [3.8, 4) is 5.75 Å². The molecule has 0 amide bonds. The Morgan fingerprint density at radius 3 is 2.81 bits per heavy atom. The monoisotopic (exact) mass is 221 g/mol. The molecule has 1 aromatic rings. The fraction of sp³-hybridized carbons (Fsp3) is 0.538. The van der Waals surface area contributed by atoms with E-state index in [-0.39, 0.29) is 11.2 Å². The molecule has 0 bridgehead atoms. The van der Waals surface area contributed by atoms with E-state index < -0.39 is 0 Å². The predicted molar refractivity (Wildman–Crippen MR) is 60.3 cm³/mol. The number of fused-ring (bicyclic) bond motifs is 2. The van der Waals surface area contributed by atoms with E-state index in [1.807, 2.05) is 6.07 Å². The van der Waals surface area contributed by atoms with Crippen molar-refractivity contribution in [3.05, 3.63) is 29.6 Å². The van der Waals surface area contributed by atoms with Gasteiger partial charge in [-0.3, -0.25) is 0 Å². The van der Waals surface area contributed by atoms with Gasteiger partial charge in [0.05, 0.1) is 6.61 Å². The van der Waals surface area contributed by atoms with Crippen LogP contribution in [0.25, 0.3) is 0 Å². The number of hydrogen-bond donors (Lipinski definition) is 0. The van der Waals surface area contributed by atoms with Gasteiger partial charge < -0.3 is 9.64 Å². The second kappa shape index (κ2) is 3.45. The first-order chi connectivity index (χ1) is 7.71. The molecule has 3 rings (SSSR count). The topological polar surface area (TPSA) is 12.5 Å². The third-order valence-electron chi connectivity index (χ3n) is 3.95. The number of ether oxygens (including phenoxy) is 1. The van der Waals surface area contributed by atoms with Gasteiger partial charge in [-0.2, -0.15) is 0 Å². The summed E-state index contributed by atoms with van der Waals surface area (Å²) in [5.41, 5.74) is 0.760. The SMILES string of the molecule is CN1CCC2(CC1)COc1cccc(F)c12. The van der Waals surface area contributed by atoms with Crippen LogP contribution in [0.4, 0.5) is 4.39 Å². The van der Waals surface area contributed by atoms with E-state index >= 15 is 0 Å². The maximum Gasteiger partial charge on any atom is 0.130 e. The highest BCUT2D eigenvalue weighted by atomic mass is 19.1. The molecule has 0 aliphatic carbocycles. The first kappa shape index (κ1) is 10.1. The lowest BCUT2D eigenvalue weighted by Crippen LogP contribution is -2.42. The fourth-order valence-electron chi connectivity index (χ4n) is 2.87. The first-order valence-corrected chi connectivity index (χ1v) is 5.82. The average Bonchev–Trinajstić information content (AvgIpc) is 2.64. The minimum Gasteiger partial charge on any atom is -0.492 e. The molecule has 86 valence electrons. The zero-order valence-corrected chi connectivity index (χ0v) is 9.50. The molecule has 0 unspecified atom stereocenters.